The average molecular weight is 506 g/mol. The predicted octanol–water partition coefficient (Wildman–Crippen LogP) is 3.11. The van der Waals surface area contributed by atoms with E-state index in [9.17, 15) is 0 Å². The van der Waals surface area contributed by atoms with E-state index in [4.69, 9.17) is 14.5 Å². The summed E-state index contributed by atoms with van der Waals surface area (Å²) < 4.78 is 10.5. The van der Waals surface area contributed by atoms with Gasteiger partial charge in [-0.15, -0.1) is 24.0 Å². The van der Waals surface area contributed by atoms with E-state index < -0.39 is 0 Å². The summed E-state index contributed by atoms with van der Waals surface area (Å²) >= 11 is 0. The van der Waals surface area contributed by atoms with Crippen molar-refractivity contribution in [2.24, 2.45) is 4.99 Å². The van der Waals surface area contributed by atoms with Gasteiger partial charge in [0.2, 0.25) is 0 Å². The second-order valence-corrected chi connectivity index (χ2v) is 7.39. The molecule has 1 aromatic rings. The number of hydrogen-bond acceptors (Lipinski definition) is 4. The molecular weight excluding hydrogens is 467 g/mol. The third kappa shape index (κ3) is 10.5. The second-order valence-electron chi connectivity index (χ2n) is 7.39. The van der Waals surface area contributed by atoms with Gasteiger partial charge in [-0.2, -0.15) is 0 Å². The zero-order valence-electron chi connectivity index (χ0n) is 18.4. The highest BCUT2D eigenvalue weighted by Gasteiger charge is 2.21. The van der Waals surface area contributed by atoms with Gasteiger partial charge in [0, 0.05) is 45.3 Å². The fraction of sp³-hybridized carbons (Fsp3) is 0.667. The molecule has 162 valence electrons. The summed E-state index contributed by atoms with van der Waals surface area (Å²) in [6, 6.07) is 8.22. The number of hydrogen-bond donors (Lipinski definition) is 2. The SMILES string of the molecule is CCNC(=NCC(C)(C)c1cccc(OC)c1)NCCN(C)CCCOC.I. The number of nitrogens with zero attached hydrogens (tertiary/aromatic N) is 2. The summed E-state index contributed by atoms with van der Waals surface area (Å²) in [5.41, 5.74) is 1.15. The number of benzene rings is 1. The first-order chi connectivity index (χ1) is 12.9. The molecule has 0 spiro atoms. The van der Waals surface area contributed by atoms with Crippen LogP contribution in [0.25, 0.3) is 0 Å². The monoisotopic (exact) mass is 506 g/mol. The van der Waals surface area contributed by atoms with Crippen molar-refractivity contribution in [2.45, 2.75) is 32.6 Å². The Morgan fingerprint density at radius 3 is 2.57 bits per heavy atom. The molecule has 0 bridgehead atoms. The fourth-order valence-corrected chi connectivity index (χ4v) is 2.71. The predicted molar refractivity (Wildman–Crippen MR) is 129 cm³/mol. The van der Waals surface area contributed by atoms with Crippen LogP contribution in [-0.4, -0.2) is 71.5 Å². The van der Waals surface area contributed by atoms with Gasteiger partial charge >= 0.3 is 0 Å². The van der Waals surface area contributed by atoms with Gasteiger partial charge < -0.3 is 25.0 Å². The third-order valence-electron chi connectivity index (χ3n) is 4.50. The molecule has 0 aliphatic rings. The lowest BCUT2D eigenvalue weighted by atomic mass is 9.85. The van der Waals surface area contributed by atoms with E-state index in [1.165, 1.54) is 5.56 Å². The zero-order valence-corrected chi connectivity index (χ0v) is 20.7. The molecule has 0 saturated carbocycles. The number of guanidine groups is 1. The molecule has 0 atom stereocenters. The lowest BCUT2D eigenvalue weighted by Crippen LogP contribution is -2.42. The minimum absolute atomic E-state index is 0. The van der Waals surface area contributed by atoms with Crippen LogP contribution >= 0.6 is 24.0 Å². The molecule has 0 unspecified atom stereocenters. The number of likely N-dealkylation sites (N-methyl/N-ethyl adjacent to an activating group) is 1. The number of aliphatic imine (C=N–C) groups is 1. The van der Waals surface area contributed by atoms with Crippen LogP contribution in [0.3, 0.4) is 0 Å². The van der Waals surface area contributed by atoms with Crippen LogP contribution in [0.1, 0.15) is 32.8 Å². The average Bonchev–Trinajstić information content (AvgIpc) is 2.66. The first-order valence-corrected chi connectivity index (χ1v) is 9.77. The molecule has 1 aromatic carbocycles. The molecule has 0 saturated heterocycles. The number of nitrogens with one attached hydrogen (secondary N) is 2. The maximum absolute atomic E-state index is 5.35. The molecule has 0 amide bonds. The highest BCUT2D eigenvalue weighted by Crippen LogP contribution is 2.26. The van der Waals surface area contributed by atoms with Gasteiger partial charge in [0.05, 0.1) is 13.7 Å². The molecule has 1 rings (SSSR count). The molecule has 6 nitrogen and oxygen atoms in total. The summed E-state index contributed by atoms with van der Waals surface area (Å²) in [6.45, 7) is 11.7. The first kappa shape index (κ1) is 26.9. The maximum Gasteiger partial charge on any atom is 0.191 e. The van der Waals surface area contributed by atoms with Crippen LogP contribution < -0.4 is 15.4 Å². The van der Waals surface area contributed by atoms with Gasteiger partial charge in [-0.05, 0) is 38.1 Å². The Labute approximate surface area is 188 Å². The highest BCUT2D eigenvalue weighted by atomic mass is 127. The van der Waals surface area contributed by atoms with E-state index in [2.05, 4.69) is 55.5 Å². The Kier molecular flexibility index (Phi) is 14.3. The van der Waals surface area contributed by atoms with Gasteiger partial charge in [-0.1, -0.05) is 26.0 Å². The molecule has 0 fully saturated rings. The Hall–Kier alpha value is -1.06. The van der Waals surface area contributed by atoms with Gasteiger partial charge in [-0.25, -0.2) is 0 Å². The minimum Gasteiger partial charge on any atom is -0.497 e. The molecule has 0 heterocycles. The quantitative estimate of drug-likeness (QED) is 0.198. The highest BCUT2D eigenvalue weighted by molar-refractivity contribution is 14.0. The maximum atomic E-state index is 5.35. The van der Waals surface area contributed by atoms with Gasteiger partial charge in [0.15, 0.2) is 5.96 Å². The summed E-state index contributed by atoms with van der Waals surface area (Å²) in [5.74, 6) is 1.74. The van der Waals surface area contributed by atoms with Crippen LogP contribution in [0, 0.1) is 0 Å². The summed E-state index contributed by atoms with van der Waals surface area (Å²) in [7, 11) is 5.57. The molecule has 2 N–H and O–H groups in total. The zero-order chi connectivity index (χ0) is 20.1. The Morgan fingerprint density at radius 2 is 1.93 bits per heavy atom. The van der Waals surface area contributed by atoms with Crippen LogP contribution in [0.4, 0.5) is 0 Å². The number of rotatable bonds is 12. The first-order valence-electron chi connectivity index (χ1n) is 9.77. The lowest BCUT2D eigenvalue weighted by molar-refractivity contribution is 0.180. The van der Waals surface area contributed by atoms with E-state index in [1.807, 2.05) is 12.1 Å². The fourth-order valence-electron chi connectivity index (χ4n) is 2.71. The topological polar surface area (TPSA) is 58.1 Å². The Bertz CT molecular complexity index is 567. The van der Waals surface area contributed by atoms with Crippen molar-refractivity contribution in [3.05, 3.63) is 29.8 Å². The van der Waals surface area contributed by atoms with E-state index >= 15 is 0 Å². The molecule has 0 aliphatic carbocycles. The number of ether oxygens (including phenoxy) is 2. The minimum atomic E-state index is -0.0756. The van der Waals surface area contributed by atoms with E-state index in [-0.39, 0.29) is 29.4 Å². The molecule has 0 aromatic heterocycles. The van der Waals surface area contributed by atoms with Gasteiger partial charge in [0.1, 0.15) is 5.75 Å². The van der Waals surface area contributed by atoms with Crippen molar-refractivity contribution in [3.8, 4) is 5.75 Å². The van der Waals surface area contributed by atoms with Crippen molar-refractivity contribution in [3.63, 3.8) is 0 Å². The van der Waals surface area contributed by atoms with Gasteiger partial charge in [0.25, 0.3) is 0 Å². The van der Waals surface area contributed by atoms with Crippen LogP contribution in [0.15, 0.2) is 29.3 Å². The van der Waals surface area contributed by atoms with E-state index in [0.717, 1.165) is 50.9 Å². The number of halogens is 1. The Morgan fingerprint density at radius 1 is 1.18 bits per heavy atom. The standard InChI is InChI=1S/C21H38N4O2.HI/c1-7-22-20(23-12-14-25(4)13-9-15-26-5)24-17-21(2,3)18-10-8-11-19(16-18)27-6;/h8,10-11,16H,7,9,12-15,17H2,1-6H3,(H2,22,23,24);1H. The third-order valence-corrected chi connectivity index (χ3v) is 4.50. The van der Waals surface area contributed by atoms with E-state index in [1.54, 1.807) is 14.2 Å². The summed E-state index contributed by atoms with van der Waals surface area (Å²) in [4.78, 5) is 7.11. The van der Waals surface area contributed by atoms with Gasteiger partial charge in [-0.3, -0.25) is 4.99 Å². The van der Waals surface area contributed by atoms with Crippen molar-refractivity contribution in [1.82, 2.24) is 15.5 Å². The molecular formula is C21H39IN4O2. The van der Waals surface area contributed by atoms with Crippen molar-refractivity contribution in [1.29, 1.82) is 0 Å². The summed E-state index contributed by atoms with van der Waals surface area (Å²) in [6.07, 6.45) is 1.05. The second kappa shape index (κ2) is 14.9. The Balaban J connectivity index is 0.00000729. The van der Waals surface area contributed by atoms with E-state index in [0.29, 0.717) is 6.54 Å². The molecule has 7 heteroatoms. The normalized spacial score (nSPS) is 11.9. The van der Waals surface area contributed by atoms with Crippen molar-refractivity contribution < 1.29 is 9.47 Å². The molecule has 0 radical (unpaired) electrons. The van der Waals surface area contributed by atoms with Crippen molar-refractivity contribution in [2.75, 3.05) is 60.6 Å². The smallest absolute Gasteiger partial charge is 0.191 e. The molecule has 0 aliphatic heterocycles. The summed E-state index contributed by atoms with van der Waals surface area (Å²) in [5, 5.41) is 6.76. The lowest BCUT2D eigenvalue weighted by Gasteiger charge is -2.24. The van der Waals surface area contributed by atoms with Crippen LogP contribution in [0.2, 0.25) is 0 Å². The molecule has 28 heavy (non-hydrogen) atoms. The van der Waals surface area contributed by atoms with Crippen molar-refractivity contribution >= 4 is 29.9 Å². The largest absolute Gasteiger partial charge is 0.497 e. The number of methoxy groups -OCH3 is 2. The van der Waals surface area contributed by atoms with Crippen LogP contribution in [0.5, 0.6) is 5.75 Å². The van der Waals surface area contributed by atoms with Crippen LogP contribution in [-0.2, 0) is 10.2 Å².